The first kappa shape index (κ1) is 21.0. The number of nitrogens with one attached hydrogen (secondary N) is 2. The fraction of sp³-hybridized carbons (Fsp3) is 0.250. The number of ether oxygens (including phenoxy) is 1. The molecule has 2 N–H and O–H groups in total. The van der Waals surface area contributed by atoms with Gasteiger partial charge in [0, 0.05) is 0 Å². The van der Waals surface area contributed by atoms with Gasteiger partial charge in [-0.25, -0.2) is 4.68 Å². The summed E-state index contributed by atoms with van der Waals surface area (Å²) in [6.45, 7) is 1.76. The number of methoxy groups -OCH3 is 1. The minimum Gasteiger partial charge on any atom is -0.497 e. The van der Waals surface area contributed by atoms with Crippen molar-refractivity contribution in [3.63, 3.8) is 0 Å². The summed E-state index contributed by atoms with van der Waals surface area (Å²) in [5, 5.41) is 10.1. The first-order chi connectivity index (χ1) is 14.8. The van der Waals surface area contributed by atoms with E-state index in [4.69, 9.17) is 4.74 Å². The monoisotopic (exact) mass is 449 g/mol. The van der Waals surface area contributed by atoms with Crippen LogP contribution in [0, 0.1) is 6.92 Å². The van der Waals surface area contributed by atoms with Crippen LogP contribution in [0.4, 0.5) is 18.9 Å². The molecular formula is C20H18F3N5O2S. The lowest BCUT2D eigenvalue weighted by molar-refractivity contribution is -0.137. The topological polar surface area (TPSA) is 81.1 Å². The SMILES string of the molecule is COc1ccc([C@H]2Nn3c(C)nnc3S[C@@H]2C(=O)Nc2ccccc2C(F)(F)F)cc1. The van der Waals surface area contributed by atoms with E-state index in [0.29, 0.717) is 16.7 Å². The Kier molecular flexibility index (Phi) is 5.52. The summed E-state index contributed by atoms with van der Waals surface area (Å²) >= 11 is 1.13. The van der Waals surface area contributed by atoms with Crippen LogP contribution < -0.4 is 15.5 Å². The third-order valence-electron chi connectivity index (χ3n) is 4.82. The summed E-state index contributed by atoms with van der Waals surface area (Å²) < 4.78 is 46.9. The average Bonchev–Trinajstić information content (AvgIpc) is 3.12. The number of hydrogen-bond acceptors (Lipinski definition) is 6. The third kappa shape index (κ3) is 4.18. The van der Waals surface area contributed by atoms with Crippen molar-refractivity contribution in [2.75, 3.05) is 17.9 Å². The van der Waals surface area contributed by atoms with Gasteiger partial charge in [0.25, 0.3) is 0 Å². The molecule has 0 radical (unpaired) electrons. The Bertz CT molecular complexity index is 1100. The third-order valence-corrected chi connectivity index (χ3v) is 6.04. The number of rotatable bonds is 4. The lowest BCUT2D eigenvalue weighted by atomic mass is 10.0. The number of fused-ring (bicyclic) bond motifs is 1. The molecule has 1 aromatic heterocycles. The zero-order chi connectivity index (χ0) is 22.2. The van der Waals surface area contributed by atoms with E-state index < -0.39 is 28.9 Å². The van der Waals surface area contributed by atoms with Gasteiger partial charge in [-0.05, 0) is 36.8 Å². The van der Waals surface area contributed by atoms with Gasteiger partial charge < -0.3 is 15.5 Å². The van der Waals surface area contributed by atoms with Gasteiger partial charge in [0.1, 0.15) is 16.8 Å². The van der Waals surface area contributed by atoms with E-state index in [2.05, 4.69) is 20.9 Å². The molecule has 1 aliphatic heterocycles. The van der Waals surface area contributed by atoms with Crippen molar-refractivity contribution in [1.82, 2.24) is 14.9 Å². The highest BCUT2D eigenvalue weighted by Crippen LogP contribution is 2.39. The first-order valence-electron chi connectivity index (χ1n) is 9.24. The molecule has 4 rings (SSSR count). The van der Waals surface area contributed by atoms with E-state index in [0.717, 1.165) is 23.4 Å². The molecule has 0 fully saturated rings. The normalized spacial score (nSPS) is 18.1. The van der Waals surface area contributed by atoms with Crippen molar-refractivity contribution >= 4 is 23.4 Å². The van der Waals surface area contributed by atoms with Crippen LogP contribution >= 0.6 is 11.8 Å². The van der Waals surface area contributed by atoms with Gasteiger partial charge >= 0.3 is 6.18 Å². The zero-order valence-electron chi connectivity index (χ0n) is 16.5. The van der Waals surface area contributed by atoms with E-state index in [1.807, 2.05) is 0 Å². The van der Waals surface area contributed by atoms with Gasteiger partial charge in [-0.1, -0.05) is 36.0 Å². The molecule has 0 aliphatic carbocycles. The maximum Gasteiger partial charge on any atom is 0.418 e. The van der Waals surface area contributed by atoms with E-state index in [-0.39, 0.29) is 5.69 Å². The van der Waals surface area contributed by atoms with E-state index in [9.17, 15) is 18.0 Å². The molecule has 7 nitrogen and oxygen atoms in total. The smallest absolute Gasteiger partial charge is 0.418 e. The van der Waals surface area contributed by atoms with Crippen LogP contribution in [0.3, 0.4) is 0 Å². The largest absolute Gasteiger partial charge is 0.497 e. The van der Waals surface area contributed by atoms with Crippen molar-refractivity contribution in [3.8, 4) is 5.75 Å². The zero-order valence-corrected chi connectivity index (χ0v) is 17.3. The van der Waals surface area contributed by atoms with Gasteiger partial charge in [-0.15, -0.1) is 10.2 Å². The number of nitrogens with zero attached hydrogens (tertiary/aromatic N) is 3. The lowest BCUT2D eigenvalue weighted by Gasteiger charge is -2.33. The molecular weight excluding hydrogens is 431 g/mol. The number of alkyl halides is 3. The predicted molar refractivity (Wildman–Crippen MR) is 110 cm³/mol. The highest BCUT2D eigenvalue weighted by Gasteiger charge is 2.39. The maximum atomic E-state index is 13.4. The van der Waals surface area contributed by atoms with Crippen LogP contribution in [-0.2, 0) is 11.0 Å². The van der Waals surface area contributed by atoms with Gasteiger partial charge in [-0.3, -0.25) is 4.79 Å². The second kappa shape index (κ2) is 8.14. The first-order valence-corrected chi connectivity index (χ1v) is 10.1. The number of aromatic nitrogens is 3. The molecule has 2 aromatic carbocycles. The molecule has 0 saturated heterocycles. The predicted octanol–water partition coefficient (Wildman–Crippen LogP) is 4.01. The van der Waals surface area contributed by atoms with Crippen LogP contribution in [0.2, 0.25) is 0 Å². The molecule has 0 unspecified atom stereocenters. The molecule has 1 aliphatic rings. The second-order valence-electron chi connectivity index (χ2n) is 6.82. The van der Waals surface area contributed by atoms with Crippen LogP contribution in [0.25, 0.3) is 0 Å². The molecule has 0 spiro atoms. The van der Waals surface area contributed by atoms with Crippen LogP contribution in [-0.4, -0.2) is 33.1 Å². The van der Waals surface area contributed by atoms with Crippen molar-refractivity contribution in [2.45, 2.75) is 29.5 Å². The number of carbonyl (C=O) groups is 1. The summed E-state index contributed by atoms with van der Waals surface area (Å²) in [5.74, 6) is 0.665. The number of aryl methyl sites for hydroxylation is 1. The fourth-order valence-corrected chi connectivity index (χ4v) is 4.39. The Morgan fingerprint density at radius 2 is 1.87 bits per heavy atom. The molecule has 162 valence electrons. The van der Waals surface area contributed by atoms with Crippen molar-refractivity contribution in [1.29, 1.82) is 0 Å². The highest BCUT2D eigenvalue weighted by molar-refractivity contribution is 8.00. The van der Waals surface area contributed by atoms with E-state index >= 15 is 0 Å². The quantitative estimate of drug-likeness (QED) is 0.627. The highest BCUT2D eigenvalue weighted by atomic mass is 32.2. The molecule has 0 saturated carbocycles. The van der Waals surface area contributed by atoms with Crippen molar-refractivity contribution < 1.29 is 22.7 Å². The van der Waals surface area contributed by atoms with Crippen molar-refractivity contribution in [2.24, 2.45) is 0 Å². The number of carbonyl (C=O) groups excluding carboxylic acids is 1. The Balaban J connectivity index is 1.68. The standard InChI is InChI=1S/C20H18F3N5O2S/c1-11-25-26-19-28(11)27-16(12-7-9-13(30-2)10-8-12)17(31-19)18(29)24-15-6-4-3-5-14(15)20(21,22)23/h3-10,16-17,27H,1-2H3,(H,24,29)/t16-,17+/m1/s1. The summed E-state index contributed by atoms with van der Waals surface area (Å²) in [6, 6.07) is 11.4. The van der Waals surface area contributed by atoms with Crippen molar-refractivity contribution in [3.05, 3.63) is 65.5 Å². The average molecular weight is 449 g/mol. The Hall–Kier alpha value is -3.21. The molecule has 1 amide bonds. The van der Waals surface area contributed by atoms with Crippen LogP contribution in [0.15, 0.2) is 53.7 Å². The van der Waals surface area contributed by atoms with Gasteiger partial charge in [0.05, 0.1) is 24.4 Å². The molecule has 2 atom stereocenters. The number of para-hydroxylation sites is 1. The second-order valence-corrected chi connectivity index (χ2v) is 7.92. The maximum absolute atomic E-state index is 13.4. The molecule has 11 heteroatoms. The van der Waals surface area contributed by atoms with Gasteiger partial charge in [-0.2, -0.15) is 13.2 Å². The number of amides is 1. The minimum absolute atomic E-state index is 0.294. The summed E-state index contributed by atoms with van der Waals surface area (Å²) in [5.41, 5.74) is 2.77. The van der Waals surface area contributed by atoms with Gasteiger partial charge in [0.2, 0.25) is 11.1 Å². The van der Waals surface area contributed by atoms with Gasteiger partial charge in [0.15, 0.2) is 0 Å². The minimum atomic E-state index is -4.59. The Labute approximate surface area is 180 Å². The molecule has 3 aromatic rings. The Morgan fingerprint density at radius 3 is 2.55 bits per heavy atom. The number of hydrogen-bond donors (Lipinski definition) is 2. The number of thioether (sulfide) groups is 1. The summed E-state index contributed by atoms with van der Waals surface area (Å²) in [6.07, 6.45) is -4.59. The van der Waals surface area contributed by atoms with Crippen LogP contribution in [0.1, 0.15) is 23.0 Å². The number of halogens is 3. The number of benzene rings is 2. The Morgan fingerprint density at radius 1 is 1.16 bits per heavy atom. The molecule has 2 heterocycles. The summed E-state index contributed by atoms with van der Waals surface area (Å²) in [4.78, 5) is 13.1. The fourth-order valence-electron chi connectivity index (χ4n) is 3.26. The van der Waals surface area contributed by atoms with Crippen LogP contribution in [0.5, 0.6) is 5.75 Å². The summed E-state index contributed by atoms with van der Waals surface area (Å²) in [7, 11) is 1.55. The number of anilines is 1. The molecule has 0 bridgehead atoms. The molecule has 31 heavy (non-hydrogen) atoms. The van der Waals surface area contributed by atoms with E-state index in [1.165, 1.54) is 18.2 Å². The lowest BCUT2D eigenvalue weighted by Crippen LogP contribution is -2.41. The van der Waals surface area contributed by atoms with E-state index in [1.54, 1.807) is 43.0 Å².